The van der Waals surface area contributed by atoms with E-state index in [-0.39, 0.29) is 5.91 Å². The van der Waals surface area contributed by atoms with Gasteiger partial charge in [0.25, 0.3) is 5.91 Å². The first kappa shape index (κ1) is 19.4. The van der Waals surface area contributed by atoms with Crippen LogP contribution in [0, 0.1) is 6.92 Å². The average Bonchev–Trinajstić information content (AvgIpc) is 3.17. The van der Waals surface area contributed by atoms with Crippen molar-refractivity contribution in [1.82, 2.24) is 20.3 Å². The van der Waals surface area contributed by atoms with Crippen LogP contribution in [0.15, 0.2) is 55.0 Å². The molecular weight excluding hydrogens is 376 g/mol. The number of nitrogens with one attached hydrogen (secondary N) is 3. The first-order valence-electron chi connectivity index (χ1n) is 9.67. The molecule has 0 aliphatic rings. The minimum atomic E-state index is -0.219. The lowest BCUT2D eigenvalue weighted by Crippen LogP contribution is -2.19. The van der Waals surface area contributed by atoms with Crippen molar-refractivity contribution in [3.05, 3.63) is 66.2 Å². The number of anilines is 3. The molecule has 0 radical (unpaired) electrons. The molecule has 7 heteroatoms. The molecule has 0 saturated heterocycles. The molecule has 0 aliphatic heterocycles. The predicted molar refractivity (Wildman–Crippen MR) is 122 cm³/mol. The number of benzene rings is 1. The van der Waals surface area contributed by atoms with E-state index in [1.54, 1.807) is 13.2 Å². The summed E-state index contributed by atoms with van der Waals surface area (Å²) in [5, 5.41) is 6.92. The molecule has 0 atom stereocenters. The van der Waals surface area contributed by atoms with Gasteiger partial charge < -0.3 is 20.5 Å². The number of carbonyl (C=O) groups excluding carboxylic acids is 1. The van der Waals surface area contributed by atoms with Gasteiger partial charge in [0, 0.05) is 67.6 Å². The number of nitrogens with zero attached hydrogens (tertiary/aromatic N) is 3. The number of amides is 1. The highest BCUT2D eigenvalue weighted by atomic mass is 16.1. The highest BCUT2D eigenvalue weighted by molar-refractivity contribution is 6.07. The van der Waals surface area contributed by atoms with Crippen molar-refractivity contribution in [3.63, 3.8) is 0 Å². The third-order valence-electron chi connectivity index (χ3n) is 5.10. The molecule has 152 valence electrons. The summed E-state index contributed by atoms with van der Waals surface area (Å²) < 4.78 is 0. The third kappa shape index (κ3) is 3.57. The quantitative estimate of drug-likeness (QED) is 0.470. The topological polar surface area (TPSA) is 85.9 Å². The van der Waals surface area contributed by atoms with E-state index in [0.717, 1.165) is 44.8 Å². The molecule has 0 aliphatic carbocycles. The maximum Gasteiger partial charge on any atom is 0.271 e. The summed E-state index contributed by atoms with van der Waals surface area (Å²) in [4.78, 5) is 26.2. The second-order valence-electron chi connectivity index (χ2n) is 7.31. The van der Waals surface area contributed by atoms with Crippen LogP contribution in [0.4, 0.5) is 17.2 Å². The van der Waals surface area contributed by atoms with E-state index < -0.39 is 0 Å². The van der Waals surface area contributed by atoms with Crippen molar-refractivity contribution in [1.29, 1.82) is 0 Å². The maximum atomic E-state index is 12.1. The Labute approximate surface area is 175 Å². The second kappa shape index (κ2) is 7.87. The molecule has 0 bridgehead atoms. The molecular formula is C23H24N6O. The number of aromatic amines is 1. The molecule has 3 aromatic heterocycles. The Balaban J connectivity index is 1.64. The predicted octanol–water partition coefficient (Wildman–Crippen LogP) is 4.10. The molecule has 0 saturated carbocycles. The molecule has 4 aromatic rings. The Bertz CT molecular complexity index is 1210. The number of H-pyrrole nitrogens is 1. The van der Waals surface area contributed by atoms with Crippen LogP contribution in [0.25, 0.3) is 22.0 Å². The van der Waals surface area contributed by atoms with E-state index in [0.29, 0.717) is 5.69 Å². The van der Waals surface area contributed by atoms with E-state index in [1.165, 1.54) is 0 Å². The van der Waals surface area contributed by atoms with Gasteiger partial charge in [-0.25, -0.2) is 9.97 Å². The van der Waals surface area contributed by atoms with Gasteiger partial charge in [0.2, 0.25) is 0 Å². The van der Waals surface area contributed by atoms with E-state index in [1.807, 2.05) is 50.8 Å². The van der Waals surface area contributed by atoms with E-state index >= 15 is 0 Å². The van der Waals surface area contributed by atoms with Crippen LogP contribution >= 0.6 is 0 Å². The Morgan fingerprint density at radius 3 is 2.50 bits per heavy atom. The molecule has 0 spiro atoms. The molecule has 0 fully saturated rings. The standard InChI is InChI=1S/C23H24N6O/c1-14-11-20(28-15-5-7-16(8-6-15)29(3)4)26-12-18(14)19-13-27-21-17(19)9-10-25-22(21)23(30)24-2/h5-13,27H,1-4H3,(H,24,30)(H,26,28). The summed E-state index contributed by atoms with van der Waals surface area (Å²) in [6.07, 6.45) is 5.41. The summed E-state index contributed by atoms with van der Waals surface area (Å²) in [6, 6.07) is 12.1. The van der Waals surface area contributed by atoms with Crippen LogP contribution in [-0.4, -0.2) is 42.0 Å². The van der Waals surface area contributed by atoms with Gasteiger partial charge in [0.15, 0.2) is 5.69 Å². The summed E-state index contributed by atoms with van der Waals surface area (Å²) in [6.45, 7) is 2.05. The Hall–Kier alpha value is -3.87. The summed E-state index contributed by atoms with van der Waals surface area (Å²) >= 11 is 0. The van der Waals surface area contributed by atoms with Gasteiger partial charge >= 0.3 is 0 Å². The molecule has 0 unspecified atom stereocenters. The lowest BCUT2D eigenvalue weighted by atomic mass is 10.0. The van der Waals surface area contributed by atoms with Gasteiger partial charge in [-0.05, 0) is 48.9 Å². The van der Waals surface area contributed by atoms with E-state index in [4.69, 9.17) is 0 Å². The molecule has 1 amide bonds. The minimum Gasteiger partial charge on any atom is -0.378 e. The molecule has 3 heterocycles. The number of carbonyl (C=O) groups is 1. The lowest BCUT2D eigenvalue weighted by molar-refractivity contribution is 0.0960. The van der Waals surface area contributed by atoms with E-state index in [2.05, 4.69) is 49.5 Å². The van der Waals surface area contributed by atoms with Crippen LogP contribution < -0.4 is 15.5 Å². The number of aryl methyl sites for hydroxylation is 1. The maximum absolute atomic E-state index is 12.1. The number of hydrogen-bond acceptors (Lipinski definition) is 5. The van der Waals surface area contributed by atoms with Crippen molar-refractivity contribution in [2.45, 2.75) is 6.92 Å². The number of fused-ring (bicyclic) bond motifs is 1. The Morgan fingerprint density at radius 1 is 1.07 bits per heavy atom. The van der Waals surface area contributed by atoms with Crippen LogP contribution in [0.5, 0.6) is 0 Å². The van der Waals surface area contributed by atoms with Crippen molar-refractivity contribution >= 4 is 34.0 Å². The lowest BCUT2D eigenvalue weighted by Gasteiger charge is -2.14. The highest BCUT2D eigenvalue weighted by Gasteiger charge is 2.16. The van der Waals surface area contributed by atoms with Gasteiger partial charge in [0.05, 0.1) is 5.52 Å². The summed E-state index contributed by atoms with van der Waals surface area (Å²) in [5.74, 6) is 0.560. The van der Waals surface area contributed by atoms with E-state index in [9.17, 15) is 4.79 Å². The molecule has 30 heavy (non-hydrogen) atoms. The van der Waals surface area contributed by atoms with Gasteiger partial charge in [-0.15, -0.1) is 0 Å². The normalized spacial score (nSPS) is 10.8. The van der Waals surface area contributed by atoms with Gasteiger partial charge in [-0.2, -0.15) is 0 Å². The van der Waals surface area contributed by atoms with Crippen molar-refractivity contribution in [2.24, 2.45) is 0 Å². The average molecular weight is 400 g/mol. The largest absolute Gasteiger partial charge is 0.378 e. The van der Waals surface area contributed by atoms with Crippen molar-refractivity contribution in [2.75, 3.05) is 31.4 Å². The monoisotopic (exact) mass is 400 g/mol. The minimum absolute atomic E-state index is 0.219. The second-order valence-corrected chi connectivity index (χ2v) is 7.31. The van der Waals surface area contributed by atoms with Gasteiger partial charge in [-0.3, -0.25) is 4.79 Å². The zero-order chi connectivity index (χ0) is 21.3. The molecule has 7 nitrogen and oxygen atoms in total. The SMILES string of the molecule is CNC(=O)c1nccc2c(-c3cnc(Nc4ccc(N(C)C)cc4)cc3C)c[nH]c12. The number of rotatable bonds is 5. The third-order valence-corrected chi connectivity index (χ3v) is 5.10. The highest BCUT2D eigenvalue weighted by Crippen LogP contribution is 2.32. The number of aromatic nitrogens is 3. The smallest absolute Gasteiger partial charge is 0.271 e. The van der Waals surface area contributed by atoms with Crippen LogP contribution in [0.2, 0.25) is 0 Å². The number of hydrogen-bond donors (Lipinski definition) is 3. The summed E-state index contributed by atoms with van der Waals surface area (Å²) in [5.41, 5.74) is 6.30. The molecule has 1 aromatic carbocycles. The fourth-order valence-corrected chi connectivity index (χ4v) is 3.46. The van der Waals surface area contributed by atoms with Crippen molar-refractivity contribution in [3.8, 4) is 11.1 Å². The van der Waals surface area contributed by atoms with Crippen LogP contribution in [0.1, 0.15) is 16.1 Å². The molecule has 3 N–H and O–H groups in total. The van der Waals surface area contributed by atoms with Crippen molar-refractivity contribution < 1.29 is 4.79 Å². The first-order chi connectivity index (χ1) is 14.5. The zero-order valence-corrected chi connectivity index (χ0v) is 17.4. The Morgan fingerprint density at radius 2 is 1.83 bits per heavy atom. The van der Waals surface area contributed by atoms with Crippen LogP contribution in [-0.2, 0) is 0 Å². The zero-order valence-electron chi connectivity index (χ0n) is 17.4. The first-order valence-corrected chi connectivity index (χ1v) is 9.67. The Kier molecular flexibility index (Phi) is 5.10. The molecule has 4 rings (SSSR count). The fraction of sp³-hybridized carbons (Fsp3) is 0.174. The fourth-order valence-electron chi connectivity index (χ4n) is 3.46. The van der Waals surface area contributed by atoms with Gasteiger partial charge in [-0.1, -0.05) is 0 Å². The van der Waals surface area contributed by atoms with Crippen LogP contribution in [0.3, 0.4) is 0 Å². The van der Waals surface area contributed by atoms with Gasteiger partial charge in [0.1, 0.15) is 5.82 Å². The summed E-state index contributed by atoms with van der Waals surface area (Å²) in [7, 11) is 5.63. The number of pyridine rings is 2.